The smallest absolute Gasteiger partial charge is 0.282 e. The molecule has 1 aromatic rings. The van der Waals surface area contributed by atoms with Gasteiger partial charge in [-0.1, -0.05) is 11.8 Å². The number of amides is 4. The Hall–Kier alpha value is -2.79. The van der Waals surface area contributed by atoms with Crippen LogP contribution in [-0.4, -0.2) is 103 Å². The third-order valence-corrected chi connectivity index (χ3v) is 7.62. The zero-order valence-corrected chi connectivity index (χ0v) is 20.5. The highest BCUT2D eigenvalue weighted by Crippen LogP contribution is 2.19. The minimum absolute atomic E-state index is 0.0827. The largest absolute Gasteiger partial charge is 0.378 e. The molecule has 4 rings (SSSR count). The Labute approximate surface area is 203 Å². The maximum atomic E-state index is 13.3. The van der Waals surface area contributed by atoms with Crippen molar-refractivity contribution >= 4 is 41.1 Å². The number of hydrogen-bond donors (Lipinski definition) is 3. The molecule has 4 amide bonds. The average molecular weight is 490 g/mol. The Morgan fingerprint density at radius 2 is 1.94 bits per heavy atom. The Morgan fingerprint density at radius 1 is 1.18 bits per heavy atom. The number of carbonyl (C=O) groups excluding carboxylic acids is 4. The van der Waals surface area contributed by atoms with Crippen LogP contribution in [0.1, 0.15) is 23.2 Å². The van der Waals surface area contributed by atoms with Gasteiger partial charge in [0, 0.05) is 45.0 Å². The summed E-state index contributed by atoms with van der Waals surface area (Å²) < 4.78 is 0. The first-order valence-electron chi connectivity index (χ1n) is 11.7. The third kappa shape index (κ3) is 5.30. The molecule has 34 heavy (non-hydrogen) atoms. The van der Waals surface area contributed by atoms with Crippen LogP contribution in [0.4, 0.5) is 5.69 Å². The molecule has 0 unspecified atom stereocenters. The first-order chi connectivity index (χ1) is 16.3. The molecule has 0 spiro atoms. The van der Waals surface area contributed by atoms with Gasteiger partial charge < -0.3 is 30.7 Å². The van der Waals surface area contributed by atoms with E-state index < -0.39 is 12.1 Å². The number of anilines is 1. The topological polar surface area (TPSA) is 119 Å². The van der Waals surface area contributed by atoms with Gasteiger partial charge in [-0.25, -0.2) is 0 Å². The lowest BCUT2D eigenvalue weighted by atomic mass is 10.0. The summed E-state index contributed by atoms with van der Waals surface area (Å²) in [7, 11) is 3.87. The summed E-state index contributed by atoms with van der Waals surface area (Å²) in [5.41, 5.74) is 1.53. The van der Waals surface area contributed by atoms with Crippen molar-refractivity contribution in [2.45, 2.75) is 31.0 Å². The van der Waals surface area contributed by atoms with E-state index in [9.17, 15) is 19.2 Å². The van der Waals surface area contributed by atoms with Crippen LogP contribution in [0.5, 0.6) is 0 Å². The number of nitrogens with two attached hydrogens (primary N) is 1. The SMILES string of the molecule is CN(C)c1ccc(C(=O)N2CCN(C(=O)[C@@H]3CSC[NH2+]3)[C@@H](C(=O)N[C@H]3CCCNC3=O)C2)cc1. The van der Waals surface area contributed by atoms with Crippen molar-refractivity contribution in [2.75, 3.05) is 56.8 Å². The van der Waals surface area contributed by atoms with E-state index in [2.05, 4.69) is 10.6 Å². The van der Waals surface area contributed by atoms with E-state index in [1.54, 1.807) is 33.7 Å². The third-order valence-electron chi connectivity index (χ3n) is 6.60. The molecule has 0 radical (unpaired) electrons. The molecule has 3 saturated heterocycles. The molecule has 0 aromatic heterocycles. The minimum atomic E-state index is -0.833. The van der Waals surface area contributed by atoms with Crippen molar-refractivity contribution in [2.24, 2.45) is 0 Å². The summed E-state index contributed by atoms with van der Waals surface area (Å²) in [6, 6.07) is 5.65. The van der Waals surface area contributed by atoms with Gasteiger partial charge in [-0.05, 0) is 37.1 Å². The van der Waals surface area contributed by atoms with Crippen LogP contribution in [0.25, 0.3) is 0 Å². The second kappa shape index (κ2) is 10.6. The van der Waals surface area contributed by atoms with E-state index in [1.807, 2.05) is 36.4 Å². The standard InChI is InChI=1S/C23H32N6O4S/c1-27(2)16-7-5-15(6-8-16)22(32)28-10-11-29(23(33)18-13-34-14-25-18)19(12-28)21(31)26-17-4-3-9-24-20(17)30/h5-8,17-19,25H,3-4,9-14H2,1-2H3,(H,24,30)(H,26,31)/p+1/t17-,18-,19+/m0/s1. The summed E-state index contributed by atoms with van der Waals surface area (Å²) >= 11 is 1.69. The number of piperazine rings is 1. The molecule has 4 N–H and O–H groups in total. The Kier molecular flexibility index (Phi) is 7.62. The second-order valence-corrected chi connectivity index (χ2v) is 10.2. The molecule has 184 valence electrons. The summed E-state index contributed by atoms with van der Waals surface area (Å²) in [6.45, 7) is 1.33. The quantitative estimate of drug-likeness (QED) is 0.460. The lowest BCUT2D eigenvalue weighted by molar-refractivity contribution is -0.649. The molecule has 3 heterocycles. The van der Waals surface area contributed by atoms with E-state index in [0.717, 1.165) is 18.0 Å². The van der Waals surface area contributed by atoms with E-state index >= 15 is 0 Å². The van der Waals surface area contributed by atoms with Crippen LogP contribution in [0.2, 0.25) is 0 Å². The molecular formula is C23H33N6O4S+. The average Bonchev–Trinajstić information content (AvgIpc) is 3.39. The number of rotatable bonds is 5. The Morgan fingerprint density at radius 3 is 2.59 bits per heavy atom. The fourth-order valence-electron chi connectivity index (χ4n) is 4.55. The van der Waals surface area contributed by atoms with Crippen molar-refractivity contribution in [1.29, 1.82) is 0 Å². The Balaban J connectivity index is 1.51. The summed E-state index contributed by atoms with van der Waals surface area (Å²) in [4.78, 5) is 57.2. The van der Waals surface area contributed by atoms with Crippen molar-refractivity contribution in [3.8, 4) is 0 Å². The molecule has 0 aliphatic carbocycles. The van der Waals surface area contributed by atoms with Gasteiger partial charge in [0.1, 0.15) is 18.0 Å². The van der Waals surface area contributed by atoms with E-state index in [4.69, 9.17) is 0 Å². The number of hydrogen-bond acceptors (Lipinski definition) is 6. The van der Waals surface area contributed by atoms with Crippen LogP contribution in [-0.2, 0) is 14.4 Å². The number of thioether (sulfide) groups is 1. The number of benzene rings is 1. The van der Waals surface area contributed by atoms with E-state index in [1.165, 1.54) is 0 Å². The summed E-state index contributed by atoms with van der Waals surface area (Å²) in [5, 5.41) is 7.59. The first-order valence-corrected chi connectivity index (χ1v) is 12.9. The lowest BCUT2D eigenvalue weighted by Crippen LogP contribution is -2.90. The highest BCUT2D eigenvalue weighted by Gasteiger charge is 2.42. The molecule has 3 aliphatic heterocycles. The van der Waals surface area contributed by atoms with Gasteiger partial charge in [0.25, 0.3) is 11.8 Å². The predicted octanol–water partition coefficient (Wildman–Crippen LogP) is -1.56. The van der Waals surface area contributed by atoms with Crippen molar-refractivity contribution < 1.29 is 24.5 Å². The Bertz CT molecular complexity index is 934. The van der Waals surface area contributed by atoms with Crippen molar-refractivity contribution in [3.63, 3.8) is 0 Å². The van der Waals surface area contributed by atoms with Gasteiger partial charge in [0.05, 0.1) is 12.3 Å². The molecule has 0 bridgehead atoms. The van der Waals surface area contributed by atoms with Gasteiger partial charge in [-0.2, -0.15) is 0 Å². The fraction of sp³-hybridized carbons (Fsp3) is 0.565. The van der Waals surface area contributed by atoms with Gasteiger partial charge in [0.2, 0.25) is 11.8 Å². The molecule has 1 aromatic carbocycles. The number of quaternary nitrogens is 1. The zero-order chi connectivity index (χ0) is 24.2. The second-order valence-electron chi connectivity index (χ2n) is 9.11. The van der Waals surface area contributed by atoms with Crippen molar-refractivity contribution in [1.82, 2.24) is 20.4 Å². The van der Waals surface area contributed by atoms with E-state index in [0.29, 0.717) is 30.8 Å². The summed E-state index contributed by atoms with van der Waals surface area (Å²) in [5.74, 6) is 0.672. The lowest BCUT2D eigenvalue weighted by Gasteiger charge is -2.41. The van der Waals surface area contributed by atoms with E-state index in [-0.39, 0.29) is 42.8 Å². The van der Waals surface area contributed by atoms with Crippen LogP contribution in [0.15, 0.2) is 24.3 Å². The molecule has 11 heteroatoms. The first kappa shape index (κ1) is 24.3. The normalized spacial score (nSPS) is 25.0. The van der Waals surface area contributed by atoms with Crippen LogP contribution in [0.3, 0.4) is 0 Å². The fourth-order valence-corrected chi connectivity index (χ4v) is 5.59. The maximum Gasteiger partial charge on any atom is 0.282 e. The van der Waals surface area contributed by atoms with Crippen LogP contribution in [0, 0.1) is 0 Å². The molecule has 10 nitrogen and oxygen atoms in total. The number of nitrogens with one attached hydrogen (secondary N) is 2. The monoisotopic (exact) mass is 489 g/mol. The molecule has 0 saturated carbocycles. The highest BCUT2D eigenvalue weighted by molar-refractivity contribution is 7.99. The number of nitrogens with zero attached hydrogens (tertiary/aromatic N) is 3. The van der Waals surface area contributed by atoms with Gasteiger partial charge in [0.15, 0.2) is 6.04 Å². The van der Waals surface area contributed by atoms with Gasteiger partial charge in [-0.15, -0.1) is 0 Å². The summed E-state index contributed by atoms with van der Waals surface area (Å²) in [6.07, 6.45) is 1.35. The molecule has 3 atom stereocenters. The molecule has 3 aliphatic rings. The van der Waals surface area contributed by atoms with Crippen molar-refractivity contribution in [3.05, 3.63) is 29.8 Å². The zero-order valence-electron chi connectivity index (χ0n) is 19.7. The van der Waals surface area contributed by atoms with Crippen LogP contribution < -0.4 is 20.9 Å². The maximum absolute atomic E-state index is 13.3. The molecular weight excluding hydrogens is 456 g/mol. The number of carbonyl (C=O) groups is 4. The molecule has 3 fully saturated rings. The number of piperidine rings is 1. The van der Waals surface area contributed by atoms with Crippen LogP contribution >= 0.6 is 11.8 Å². The minimum Gasteiger partial charge on any atom is -0.378 e. The highest BCUT2D eigenvalue weighted by atomic mass is 32.2. The van der Waals surface area contributed by atoms with Gasteiger partial charge >= 0.3 is 0 Å². The predicted molar refractivity (Wildman–Crippen MR) is 129 cm³/mol. The van der Waals surface area contributed by atoms with Gasteiger partial charge in [-0.3, -0.25) is 19.2 Å².